The van der Waals surface area contributed by atoms with E-state index in [1.165, 1.54) is 12.5 Å². The molecule has 0 fully saturated rings. The molecular weight excluding hydrogens is 254 g/mol. The van der Waals surface area contributed by atoms with Crippen molar-refractivity contribution in [3.63, 3.8) is 0 Å². The predicted molar refractivity (Wildman–Crippen MR) is 77.8 cm³/mol. The monoisotopic (exact) mass is 275 g/mol. The molecule has 0 aliphatic carbocycles. The van der Waals surface area contributed by atoms with Gasteiger partial charge in [0.15, 0.2) is 5.78 Å². The molecule has 1 unspecified atom stereocenters. The minimum Gasteiger partial charge on any atom is -0.392 e. The highest BCUT2D eigenvalue weighted by molar-refractivity contribution is 6.39. The third kappa shape index (κ3) is 4.78. The van der Waals surface area contributed by atoms with Crippen molar-refractivity contribution in [1.82, 2.24) is 0 Å². The lowest BCUT2D eigenvalue weighted by Crippen LogP contribution is -2.13. The molecule has 1 aliphatic heterocycles. The Morgan fingerprint density at radius 1 is 1.35 bits per heavy atom. The van der Waals surface area contributed by atoms with Crippen LogP contribution in [0.15, 0.2) is 35.5 Å². The van der Waals surface area contributed by atoms with E-state index in [-0.39, 0.29) is 11.9 Å². The van der Waals surface area contributed by atoms with Crippen molar-refractivity contribution in [2.75, 3.05) is 13.2 Å². The van der Waals surface area contributed by atoms with E-state index in [0.29, 0.717) is 12.1 Å². The molecule has 4 heteroatoms. The van der Waals surface area contributed by atoms with Crippen LogP contribution in [0.4, 0.5) is 0 Å². The molecule has 0 amide bonds. The van der Waals surface area contributed by atoms with E-state index < -0.39 is 0 Å². The zero-order chi connectivity index (χ0) is 14.2. The Morgan fingerprint density at radius 3 is 2.85 bits per heavy atom. The fraction of sp³-hybridized carbons (Fsp3) is 0.500. The molecule has 0 radical (unpaired) electrons. The molecule has 1 aromatic rings. The second-order valence-electron chi connectivity index (χ2n) is 5.02. The molecule has 1 heterocycles. The van der Waals surface area contributed by atoms with E-state index in [1.807, 2.05) is 18.2 Å². The summed E-state index contributed by atoms with van der Waals surface area (Å²) in [4.78, 5) is 16.3. The maximum absolute atomic E-state index is 11.1. The molecule has 1 aliphatic rings. The Labute approximate surface area is 119 Å². The summed E-state index contributed by atoms with van der Waals surface area (Å²) in [7, 11) is 0. The molecule has 20 heavy (non-hydrogen) atoms. The van der Waals surface area contributed by atoms with Gasteiger partial charge in [0.05, 0.1) is 6.61 Å². The first-order valence-electron chi connectivity index (χ1n) is 7.11. The van der Waals surface area contributed by atoms with Crippen LogP contribution in [0.1, 0.15) is 31.7 Å². The van der Waals surface area contributed by atoms with Crippen LogP contribution >= 0.6 is 0 Å². The van der Waals surface area contributed by atoms with Crippen molar-refractivity contribution < 1.29 is 14.4 Å². The van der Waals surface area contributed by atoms with Crippen molar-refractivity contribution in [3.8, 4) is 0 Å². The van der Waals surface area contributed by atoms with E-state index >= 15 is 0 Å². The highest BCUT2D eigenvalue weighted by Gasteiger charge is 2.22. The van der Waals surface area contributed by atoms with Crippen LogP contribution in [0, 0.1) is 0 Å². The molecule has 1 aromatic carbocycles. The van der Waals surface area contributed by atoms with E-state index in [9.17, 15) is 4.79 Å². The molecular formula is C16H21NO3. The van der Waals surface area contributed by atoms with Crippen LogP contribution in [-0.4, -0.2) is 30.8 Å². The quantitative estimate of drug-likeness (QED) is 0.685. The Balaban J connectivity index is 1.50. The topological polar surface area (TPSA) is 47.9 Å². The summed E-state index contributed by atoms with van der Waals surface area (Å²) in [5, 5.41) is 3.80. The number of ketones is 1. The lowest BCUT2D eigenvalue weighted by Gasteiger charge is -2.08. The predicted octanol–water partition coefficient (Wildman–Crippen LogP) is 2.76. The van der Waals surface area contributed by atoms with Gasteiger partial charge in [0.25, 0.3) is 0 Å². The number of benzene rings is 1. The van der Waals surface area contributed by atoms with Gasteiger partial charge in [-0.15, -0.1) is 0 Å². The van der Waals surface area contributed by atoms with Crippen molar-refractivity contribution >= 4 is 11.5 Å². The summed E-state index contributed by atoms with van der Waals surface area (Å²) >= 11 is 0. The van der Waals surface area contributed by atoms with Crippen LogP contribution in [0.5, 0.6) is 0 Å². The van der Waals surface area contributed by atoms with Gasteiger partial charge in [-0.3, -0.25) is 4.79 Å². The maximum Gasteiger partial charge on any atom is 0.177 e. The van der Waals surface area contributed by atoms with Gasteiger partial charge < -0.3 is 9.57 Å². The normalized spacial score (nSPS) is 17.6. The molecule has 4 nitrogen and oxygen atoms in total. The highest BCUT2D eigenvalue weighted by Crippen LogP contribution is 2.16. The zero-order valence-corrected chi connectivity index (χ0v) is 11.9. The average Bonchev–Trinajstić information content (AvgIpc) is 2.93. The molecule has 0 bridgehead atoms. The van der Waals surface area contributed by atoms with Crippen LogP contribution in [0.2, 0.25) is 0 Å². The third-order valence-corrected chi connectivity index (χ3v) is 3.33. The number of nitrogens with zero attached hydrogens (tertiary/aromatic N) is 1. The van der Waals surface area contributed by atoms with Crippen LogP contribution in [-0.2, 0) is 20.8 Å². The second kappa shape index (κ2) is 7.80. The lowest BCUT2D eigenvalue weighted by molar-refractivity contribution is -0.111. The van der Waals surface area contributed by atoms with Crippen LogP contribution in [0.25, 0.3) is 0 Å². The number of rotatable bonds is 8. The Hall–Kier alpha value is -1.68. The van der Waals surface area contributed by atoms with E-state index in [0.717, 1.165) is 32.5 Å². The Morgan fingerprint density at radius 2 is 2.15 bits per heavy atom. The minimum atomic E-state index is 0.00612. The molecule has 0 spiro atoms. The SMILES string of the molecule is CC(=O)C1=NOC(CCCOCCc2ccccc2)C1. The Kier molecular flexibility index (Phi) is 5.74. The Bertz CT molecular complexity index is 456. The first-order valence-corrected chi connectivity index (χ1v) is 7.11. The smallest absolute Gasteiger partial charge is 0.177 e. The van der Waals surface area contributed by atoms with E-state index in [1.54, 1.807) is 0 Å². The van der Waals surface area contributed by atoms with Gasteiger partial charge in [-0.1, -0.05) is 35.5 Å². The van der Waals surface area contributed by atoms with Crippen molar-refractivity contribution in [1.29, 1.82) is 0 Å². The number of carbonyl (C=O) groups excluding carboxylic acids is 1. The highest BCUT2D eigenvalue weighted by atomic mass is 16.6. The number of carbonyl (C=O) groups is 1. The van der Waals surface area contributed by atoms with E-state index in [2.05, 4.69) is 17.3 Å². The van der Waals surface area contributed by atoms with E-state index in [4.69, 9.17) is 9.57 Å². The standard InChI is InChI=1S/C16H21NO3/c1-13(18)16-12-15(20-17-16)8-5-10-19-11-9-14-6-3-2-4-7-14/h2-4,6-7,15H,5,8-12H2,1H3. The molecule has 108 valence electrons. The summed E-state index contributed by atoms with van der Waals surface area (Å²) in [6.07, 6.45) is 3.44. The summed E-state index contributed by atoms with van der Waals surface area (Å²) < 4.78 is 5.61. The van der Waals surface area contributed by atoms with Gasteiger partial charge >= 0.3 is 0 Å². The van der Waals surface area contributed by atoms with Crippen molar-refractivity contribution in [2.24, 2.45) is 5.16 Å². The summed E-state index contributed by atoms with van der Waals surface area (Å²) in [5.41, 5.74) is 1.85. The average molecular weight is 275 g/mol. The first kappa shape index (κ1) is 14.7. The number of oxime groups is 1. The van der Waals surface area contributed by atoms with Crippen LogP contribution in [0.3, 0.4) is 0 Å². The zero-order valence-electron chi connectivity index (χ0n) is 11.9. The maximum atomic E-state index is 11.1. The van der Waals surface area contributed by atoms with Gasteiger partial charge in [-0.25, -0.2) is 0 Å². The summed E-state index contributed by atoms with van der Waals surface area (Å²) in [6.45, 7) is 2.99. The van der Waals surface area contributed by atoms with Gasteiger partial charge in [-0.05, 0) is 24.8 Å². The van der Waals surface area contributed by atoms with Gasteiger partial charge in [0.1, 0.15) is 11.8 Å². The molecule has 0 aromatic heterocycles. The molecule has 2 rings (SSSR count). The summed E-state index contributed by atoms with van der Waals surface area (Å²) in [5.74, 6) is 0.00612. The number of ether oxygens (including phenoxy) is 1. The lowest BCUT2D eigenvalue weighted by atomic mass is 10.1. The molecule has 1 atom stereocenters. The number of hydrogen-bond donors (Lipinski definition) is 0. The summed E-state index contributed by atoms with van der Waals surface area (Å²) in [6, 6.07) is 10.3. The third-order valence-electron chi connectivity index (χ3n) is 3.33. The second-order valence-corrected chi connectivity index (χ2v) is 5.02. The van der Waals surface area contributed by atoms with Gasteiger partial charge in [-0.2, -0.15) is 0 Å². The molecule has 0 N–H and O–H groups in total. The number of Topliss-reactive ketones (excluding diaryl/α,β-unsaturated/α-hetero) is 1. The molecule has 0 saturated heterocycles. The largest absolute Gasteiger partial charge is 0.392 e. The van der Waals surface area contributed by atoms with Crippen molar-refractivity contribution in [3.05, 3.63) is 35.9 Å². The minimum absolute atomic E-state index is 0.00612. The van der Waals surface area contributed by atoms with Crippen molar-refractivity contribution in [2.45, 2.75) is 38.7 Å². The number of hydrogen-bond acceptors (Lipinski definition) is 4. The van der Waals surface area contributed by atoms with Gasteiger partial charge in [0, 0.05) is 20.0 Å². The fourth-order valence-corrected chi connectivity index (χ4v) is 2.14. The van der Waals surface area contributed by atoms with Crippen LogP contribution < -0.4 is 0 Å². The fourth-order valence-electron chi connectivity index (χ4n) is 2.14. The first-order chi connectivity index (χ1) is 9.75. The van der Waals surface area contributed by atoms with Gasteiger partial charge in [0.2, 0.25) is 0 Å². The molecule has 0 saturated carbocycles.